The van der Waals surface area contributed by atoms with Gasteiger partial charge in [0.2, 0.25) is 0 Å². The number of nitrogens with one attached hydrogen (secondary N) is 2. The maximum Gasteiger partial charge on any atom is 0.273 e. The molecule has 7 heteroatoms. The molecule has 3 aromatic rings. The van der Waals surface area contributed by atoms with Crippen LogP contribution in [0.1, 0.15) is 32.0 Å². The maximum absolute atomic E-state index is 12.5. The van der Waals surface area contributed by atoms with Crippen LogP contribution in [-0.2, 0) is 6.54 Å². The molecule has 0 aliphatic carbocycles. The minimum absolute atomic E-state index is 0.0503. The van der Waals surface area contributed by atoms with Crippen LogP contribution in [0.5, 0.6) is 0 Å². The number of nitrogens with two attached hydrogens (primary N) is 1. The number of rotatable bonds is 5. The van der Waals surface area contributed by atoms with Crippen molar-refractivity contribution in [3.63, 3.8) is 0 Å². The normalized spacial score (nSPS) is 10.4. The Morgan fingerprint density at radius 2 is 1.86 bits per heavy atom. The van der Waals surface area contributed by atoms with Gasteiger partial charge in [-0.25, -0.2) is 9.97 Å². The van der Waals surface area contributed by atoms with Crippen molar-refractivity contribution in [3.05, 3.63) is 77.1 Å². The zero-order chi connectivity index (χ0) is 20.1. The van der Waals surface area contributed by atoms with Crippen molar-refractivity contribution < 1.29 is 9.59 Å². The van der Waals surface area contributed by atoms with Crippen LogP contribution in [0.3, 0.4) is 0 Å². The Balaban J connectivity index is 1.80. The van der Waals surface area contributed by atoms with Crippen molar-refractivity contribution >= 4 is 17.6 Å². The summed E-state index contributed by atoms with van der Waals surface area (Å²) in [6.07, 6.45) is 1.48. The third-order valence-corrected chi connectivity index (χ3v) is 4.20. The molecule has 4 N–H and O–H groups in total. The van der Waals surface area contributed by atoms with Gasteiger partial charge in [0.1, 0.15) is 0 Å². The number of benzene rings is 2. The first kappa shape index (κ1) is 19.0. The first-order valence-electron chi connectivity index (χ1n) is 8.76. The predicted octanol–water partition coefficient (Wildman–Crippen LogP) is 2.32. The lowest BCUT2D eigenvalue weighted by atomic mass is 10.1. The third kappa shape index (κ3) is 4.32. The van der Waals surface area contributed by atoms with E-state index in [4.69, 9.17) is 5.73 Å². The summed E-state index contributed by atoms with van der Waals surface area (Å²) in [7, 11) is 1.50. The molecule has 0 unspecified atom stereocenters. The van der Waals surface area contributed by atoms with Crippen molar-refractivity contribution in [1.29, 1.82) is 0 Å². The zero-order valence-electron chi connectivity index (χ0n) is 15.7. The summed E-state index contributed by atoms with van der Waals surface area (Å²) in [5.41, 5.74) is 9.57. The second-order valence-corrected chi connectivity index (χ2v) is 6.32. The van der Waals surface area contributed by atoms with E-state index in [0.717, 1.165) is 11.1 Å². The molecule has 142 valence electrons. The van der Waals surface area contributed by atoms with Gasteiger partial charge in [-0.1, -0.05) is 42.0 Å². The number of aromatic nitrogens is 2. The van der Waals surface area contributed by atoms with E-state index in [2.05, 4.69) is 20.6 Å². The number of hydrogen-bond donors (Lipinski definition) is 3. The molecular formula is C21H21N5O2. The first-order chi connectivity index (χ1) is 13.5. The topological polar surface area (TPSA) is 110 Å². The van der Waals surface area contributed by atoms with E-state index in [9.17, 15) is 9.59 Å². The molecular weight excluding hydrogens is 354 g/mol. The maximum atomic E-state index is 12.5. The summed E-state index contributed by atoms with van der Waals surface area (Å²) < 4.78 is 0. The molecule has 3 rings (SSSR count). The van der Waals surface area contributed by atoms with Gasteiger partial charge in [-0.15, -0.1) is 0 Å². The van der Waals surface area contributed by atoms with Crippen LogP contribution in [0.15, 0.2) is 54.7 Å². The van der Waals surface area contributed by atoms with Gasteiger partial charge in [-0.2, -0.15) is 0 Å². The molecule has 0 saturated carbocycles. The number of anilines is 1. The summed E-state index contributed by atoms with van der Waals surface area (Å²) in [6, 6.07) is 14.9. The van der Waals surface area contributed by atoms with Crippen molar-refractivity contribution in [2.75, 3.05) is 12.8 Å². The van der Waals surface area contributed by atoms with E-state index >= 15 is 0 Å². The number of nitrogens with zero attached hydrogens (tertiary/aromatic N) is 2. The Labute approximate surface area is 163 Å². The van der Waals surface area contributed by atoms with Crippen LogP contribution in [0.4, 0.5) is 5.82 Å². The predicted molar refractivity (Wildman–Crippen MR) is 108 cm³/mol. The third-order valence-electron chi connectivity index (χ3n) is 4.20. The van der Waals surface area contributed by atoms with Gasteiger partial charge in [0.25, 0.3) is 11.8 Å². The second-order valence-electron chi connectivity index (χ2n) is 6.32. The van der Waals surface area contributed by atoms with Crippen LogP contribution in [0.25, 0.3) is 11.3 Å². The number of amides is 2. The highest BCUT2D eigenvalue weighted by Gasteiger charge is 2.14. The Hall–Kier alpha value is -3.74. The average Bonchev–Trinajstić information content (AvgIpc) is 2.72. The van der Waals surface area contributed by atoms with E-state index in [1.165, 1.54) is 13.2 Å². The standard InChI is InChI=1S/C21H21N5O2/c1-13-5-3-6-14(9-13)11-25-20(27)16-8-4-7-15(10-16)17-12-24-19(22)18(26-17)21(28)23-2/h3-10,12H,11H2,1-2H3,(H2,22,24)(H,23,28)(H,25,27). The van der Waals surface area contributed by atoms with Crippen LogP contribution in [-0.4, -0.2) is 28.8 Å². The molecule has 2 aromatic carbocycles. The van der Waals surface area contributed by atoms with Crippen LogP contribution < -0.4 is 16.4 Å². The van der Waals surface area contributed by atoms with Crippen LogP contribution in [0.2, 0.25) is 0 Å². The summed E-state index contributed by atoms with van der Waals surface area (Å²) in [4.78, 5) is 32.7. The SMILES string of the molecule is CNC(=O)c1nc(-c2cccc(C(=O)NCc3cccc(C)c3)c2)cnc1N. The number of hydrogen-bond acceptors (Lipinski definition) is 5. The van der Waals surface area contributed by atoms with E-state index in [1.54, 1.807) is 24.3 Å². The molecule has 2 amide bonds. The highest BCUT2D eigenvalue weighted by Crippen LogP contribution is 2.20. The fourth-order valence-electron chi connectivity index (χ4n) is 2.75. The molecule has 0 spiro atoms. The summed E-state index contributed by atoms with van der Waals surface area (Å²) in [6.45, 7) is 2.45. The average molecular weight is 375 g/mol. The molecule has 1 heterocycles. The minimum atomic E-state index is -0.418. The number of aryl methyl sites for hydroxylation is 1. The van der Waals surface area contributed by atoms with Gasteiger partial charge in [0.05, 0.1) is 11.9 Å². The fourth-order valence-corrected chi connectivity index (χ4v) is 2.75. The van der Waals surface area contributed by atoms with Gasteiger partial charge in [0.15, 0.2) is 11.5 Å². The van der Waals surface area contributed by atoms with E-state index < -0.39 is 5.91 Å². The van der Waals surface area contributed by atoms with Gasteiger partial charge >= 0.3 is 0 Å². The van der Waals surface area contributed by atoms with Crippen molar-refractivity contribution in [2.24, 2.45) is 0 Å². The Kier molecular flexibility index (Phi) is 5.64. The quantitative estimate of drug-likeness (QED) is 0.634. The molecule has 0 saturated heterocycles. The highest BCUT2D eigenvalue weighted by molar-refractivity contribution is 5.97. The molecule has 0 bridgehead atoms. The molecule has 0 atom stereocenters. The number of carbonyl (C=O) groups excluding carboxylic acids is 2. The van der Waals surface area contributed by atoms with Gasteiger partial charge in [-0.05, 0) is 24.6 Å². The summed E-state index contributed by atoms with van der Waals surface area (Å²) in [5, 5.41) is 5.39. The largest absolute Gasteiger partial charge is 0.382 e. The molecule has 28 heavy (non-hydrogen) atoms. The molecule has 0 aliphatic heterocycles. The van der Waals surface area contributed by atoms with Crippen molar-refractivity contribution in [1.82, 2.24) is 20.6 Å². The second kappa shape index (κ2) is 8.30. The lowest BCUT2D eigenvalue weighted by molar-refractivity contribution is 0.0945. The number of nitrogen functional groups attached to an aromatic ring is 1. The highest BCUT2D eigenvalue weighted by atomic mass is 16.2. The van der Waals surface area contributed by atoms with Gasteiger partial charge in [-0.3, -0.25) is 9.59 Å². The van der Waals surface area contributed by atoms with E-state index in [0.29, 0.717) is 23.4 Å². The van der Waals surface area contributed by atoms with Crippen LogP contribution >= 0.6 is 0 Å². The lowest BCUT2D eigenvalue weighted by Crippen LogP contribution is -2.23. The monoisotopic (exact) mass is 375 g/mol. The molecule has 0 fully saturated rings. The smallest absolute Gasteiger partial charge is 0.273 e. The van der Waals surface area contributed by atoms with Gasteiger partial charge < -0.3 is 16.4 Å². The van der Waals surface area contributed by atoms with Crippen LogP contribution in [0, 0.1) is 6.92 Å². The first-order valence-corrected chi connectivity index (χ1v) is 8.76. The van der Waals surface area contributed by atoms with E-state index in [1.807, 2.05) is 31.2 Å². The lowest BCUT2D eigenvalue weighted by Gasteiger charge is -2.09. The summed E-state index contributed by atoms with van der Waals surface area (Å²) >= 11 is 0. The van der Waals surface area contributed by atoms with Gasteiger partial charge in [0, 0.05) is 24.7 Å². The van der Waals surface area contributed by atoms with Crippen molar-refractivity contribution in [3.8, 4) is 11.3 Å². The Morgan fingerprint density at radius 3 is 2.61 bits per heavy atom. The molecule has 7 nitrogen and oxygen atoms in total. The van der Waals surface area contributed by atoms with Crippen molar-refractivity contribution in [2.45, 2.75) is 13.5 Å². The Morgan fingerprint density at radius 1 is 1.07 bits per heavy atom. The fraction of sp³-hybridized carbons (Fsp3) is 0.143. The Bertz CT molecular complexity index is 1030. The summed E-state index contributed by atoms with van der Waals surface area (Å²) in [5.74, 6) is -0.563. The molecule has 0 radical (unpaired) electrons. The minimum Gasteiger partial charge on any atom is -0.382 e. The number of carbonyl (C=O) groups is 2. The molecule has 0 aliphatic rings. The zero-order valence-corrected chi connectivity index (χ0v) is 15.7. The molecule has 1 aromatic heterocycles. The van der Waals surface area contributed by atoms with E-state index in [-0.39, 0.29) is 17.4 Å².